The molecular formula is C13H24OSi. The number of ketones is 1. The maximum atomic E-state index is 10.9. The summed E-state index contributed by atoms with van der Waals surface area (Å²) >= 11 is 0. The third-order valence-corrected chi connectivity index (χ3v) is 3.13. The Morgan fingerprint density at radius 2 is 1.53 bits per heavy atom. The van der Waals surface area contributed by atoms with E-state index >= 15 is 0 Å². The van der Waals surface area contributed by atoms with E-state index in [1.165, 1.54) is 5.57 Å². The lowest BCUT2D eigenvalue weighted by molar-refractivity contribution is -0.112. The van der Waals surface area contributed by atoms with Crippen LogP contribution in [0.25, 0.3) is 0 Å². The van der Waals surface area contributed by atoms with E-state index in [2.05, 4.69) is 46.1 Å². The average Bonchev–Trinajstić information content (AvgIpc) is 1.93. The van der Waals surface area contributed by atoms with Crippen LogP contribution in [0, 0.1) is 5.41 Å². The van der Waals surface area contributed by atoms with Crippen molar-refractivity contribution in [3.63, 3.8) is 0 Å². The Bertz CT molecular complexity index is 285. The van der Waals surface area contributed by atoms with Crippen molar-refractivity contribution < 1.29 is 4.79 Å². The molecule has 0 radical (unpaired) electrons. The lowest BCUT2D eigenvalue weighted by Gasteiger charge is -2.24. The predicted octanol–water partition coefficient (Wildman–Crippen LogP) is 3.98. The van der Waals surface area contributed by atoms with Crippen molar-refractivity contribution >= 4 is 13.9 Å². The molecule has 0 N–H and O–H groups in total. The van der Waals surface area contributed by atoms with Crippen molar-refractivity contribution in [1.82, 2.24) is 0 Å². The highest BCUT2D eigenvalue weighted by Gasteiger charge is 2.18. The smallest absolute Gasteiger partial charge is 0.152 e. The molecule has 2 heteroatoms. The van der Waals surface area contributed by atoms with Gasteiger partial charge in [0.2, 0.25) is 0 Å². The van der Waals surface area contributed by atoms with Crippen LogP contribution in [-0.4, -0.2) is 13.9 Å². The molecule has 0 saturated carbocycles. The minimum atomic E-state index is -1.23. The van der Waals surface area contributed by atoms with E-state index in [9.17, 15) is 4.79 Å². The van der Waals surface area contributed by atoms with Crippen molar-refractivity contribution in [2.75, 3.05) is 0 Å². The first kappa shape index (κ1) is 14.4. The van der Waals surface area contributed by atoms with Crippen molar-refractivity contribution in [2.45, 2.75) is 47.3 Å². The molecule has 0 bridgehead atoms. The van der Waals surface area contributed by atoms with Crippen LogP contribution in [0.1, 0.15) is 27.7 Å². The minimum Gasteiger partial charge on any atom is -0.295 e. The van der Waals surface area contributed by atoms with Gasteiger partial charge in [0.1, 0.15) is 0 Å². The molecule has 0 aromatic rings. The second kappa shape index (κ2) is 4.93. The number of rotatable bonds is 3. The molecule has 0 amide bonds. The highest BCUT2D eigenvalue weighted by Crippen LogP contribution is 2.28. The third-order valence-electron chi connectivity index (χ3n) is 1.95. The van der Waals surface area contributed by atoms with E-state index in [0.29, 0.717) is 0 Å². The summed E-state index contributed by atoms with van der Waals surface area (Å²) in [6, 6.07) is 0. The number of allylic oxidation sites excluding steroid dienone is 3. The summed E-state index contributed by atoms with van der Waals surface area (Å²) in [5.74, 6) is 0.112. The Morgan fingerprint density at radius 1 is 1.07 bits per heavy atom. The number of carbonyl (C=O) groups is 1. The summed E-state index contributed by atoms with van der Waals surface area (Å²) < 4.78 is 0. The van der Waals surface area contributed by atoms with E-state index in [1.54, 1.807) is 13.0 Å². The van der Waals surface area contributed by atoms with Crippen molar-refractivity contribution in [1.29, 1.82) is 0 Å². The van der Waals surface area contributed by atoms with Crippen LogP contribution in [0.3, 0.4) is 0 Å². The van der Waals surface area contributed by atoms with Gasteiger partial charge in [0.15, 0.2) is 5.78 Å². The molecule has 0 unspecified atom stereocenters. The maximum Gasteiger partial charge on any atom is 0.152 e. The fourth-order valence-electron chi connectivity index (χ4n) is 1.19. The van der Waals surface area contributed by atoms with Crippen molar-refractivity contribution in [2.24, 2.45) is 5.41 Å². The lowest BCUT2D eigenvalue weighted by atomic mass is 9.87. The van der Waals surface area contributed by atoms with E-state index in [1.807, 2.05) is 6.08 Å². The van der Waals surface area contributed by atoms with Gasteiger partial charge in [-0.05, 0) is 18.4 Å². The van der Waals surface area contributed by atoms with Crippen LogP contribution in [-0.2, 0) is 4.79 Å². The molecule has 0 aromatic heterocycles. The number of carbonyl (C=O) groups excluding carboxylic acids is 1. The van der Waals surface area contributed by atoms with Crippen LogP contribution in [0.4, 0.5) is 0 Å². The molecule has 86 valence electrons. The first-order valence-corrected chi connectivity index (χ1v) is 9.02. The molecule has 0 heterocycles. The van der Waals surface area contributed by atoms with Gasteiger partial charge in [-0.1, -0.05) is 57.8 Å². The molecule has 0 aromatic carbocycles. The summed E-state index contributed by atoms with van der Waals surface area (Å²) in [5, 5.41) is 0. The average molecular weight is 224 g/mol. The summed E-state index contributed by atoms with van der Waals surface area (Å²) in [4.78, 5) is 10.9. The Balaban J connectivity index is 5.10. The first-order chi connectivity index (χ1) is 6.52. The molecule has 0 fully saturated rings. The second-order valence-corrected chi connectivity index (χ2v) is 11.2. The molecule has 0 saturated heterocycles. The summed E-state index contributed by atoms with van der Waals surface area (Å²) in [6.45, 7) is 15.1. The molecule has 0 aliphatic heterocycles. The van der Waals surface area contributed by atoms with Gasteiger partial charge in [-0.15, -0.1) is 0 Å². The second-order valence-electron chi connectivity index (χ2n) is 6.16. The van der Waals surface area contributed by atoms with E-state index in [4.69, 9.17) is 0 Å². The van der Waals surface area contributed by atoms with E-state index in [0.717, 1.165) is 0 Å². The maximum absolute atomic E-state index is 10.9. The Kier molecular flexibility index (Phi) is 4.72. The van der Waals surface area contributed by atoms with Crippen LogP contribution in [0.5, 0.6) is 0 Å². The molecule has 0 aliphatic rings. The summed E-state index contributed by atoms with van der Waals surface area (Å²) in [7, 11) is -1.23. The van der Waals surface area contributed by atoms with Gasteiger partial charge in [0, 0.05) is 0 Å². The SMILES string of the molecule is CC(=O)/C=C/C(=C\[Si](C)(C)C)C(C)(C)C. The lowest BCUT2D eigenvalue weighted by Crippen LogP contribution is -2.20. The fraction of sp³-hybridized carbons (Fsp3) is 0.615. The molecule has 0 spiro atoms. The Labute approximate surface area is 95.3 Å². The molecular weight excluding hydrogens is 200 g/mol. The largest absolute Gasteiger partial charge is 0.295 e. The zero-order chi connectivity index (χ0) is 12.3. The zero-order valence-corrected chi connectivity index (χ0v) is 12.1. The highest BCUT2D eigenvalue weighted by molar-refractivity contribution is 6.81. The number of hydrogen-bond donors (Lipinski definition) is 0. The van der Waals surface area contributed by atoms with Gasteiger partial charge >= 0.3 is 0 Å². The number of hydrogen-bond acceptors (Lipinski definition) is 1. The Hall–Kier alpha value is -0.633. The van der Waals surface area contributed by atoms with Crippen LogP contribution in [0.2, 0.25) is 19.6 Å². The Morgan fingerprint density at radius 3 is 1.80 bits per heavy atom. The van der Waals surface area contributed by atoms with E-state index in [-0.39, 0.29) is 11.2 Å². The van der Waals surface area contributed by atoms with Crippen LogP contribution in [0.15, 0.2) is 23.4 Å². The van der Waals surface area contributed by atoms with Gasteiger partial charge in [0.25, 0.3) is 0 Å². The standard InChI is InChI=1S/C13H24OSi/c1-11(14)8-9-12(13(2,3)4)10-15(5,6)7/h8-10H,1-7H3/b9-8+,12-10+. The molecule has 0 atom stereocenters. The van der Waals surface area contributed by atoms with E-state index < -0.39 is 8.07 Å². The van der Waals surface area contributed by atoms with Gasteiger partial charge in [0.05, 0.1) is 8.07 Å². The van der Waals surface area contributed by atoms with Crippen LogP contribution >= 0.6 is 0 Å². The zero-order valence-electron chi connectivity index (χ0n) is 11.1. The van der Waals surface area contributed by atoms with Crippen LogP contribution < -0.4 is 0 Å². The predicted molar refractivity (Wildman–Crippen MR) is 70.7 cm³/mol. The molecule has 1 nitrogen and oxygen atoms in total. The molecule has 15 heavy (non-hydrogen) atoms. The quantitative estimate of drug-likeness (QED) is 0.402. The van der Waals surface area contributed by atoms with Gasteiger partial charge < -0.3 is 0 Å². The third kappa shape index (κ3) is 7.31. The molecule has 0 rings (SSSR count). The minimum absolute atomic E-state index is 0.112. The molecule has 0 aliphatic carbocycles. The topological polar surface area (TPSA) is 17.1 Å². The van der Waals surface area contributed by atoms with Gasteiger partial charge in [-0.2, -0.15) is 0 Å². The van der Waals surface area contributed by atoms with Crippen molar-refractivity contribution in [3.8, 4) is 0 Å². The van der Waals surface area contributed by atoms with Crippen molar-refractivity contribution in [3.05, 3.63) is 23.4 Å². The highest BCUT2D eigenvalue weighted by atomic mass is 28.3. The summed E-state index contributed by atoms with van der Waals surface area (Å²) in [6.07, 6.45) is 3.64. The van der Waals surface area contributed by atoms with Gasteiger partial charge in [-0.3, -0.25) is 4.79 Å². The normalized spacial score (nSPS) is 14.7. The first-order valence-electron chi connectivity index (χ1n) is 5.44. The van der Waals surface area contributed by atoms with Gasteiger partial charge in [-0.25, -0.2) is 0 Å². The summed E-state index contributed by atoms with van der Waals surface area (Å²) in [5.41, 5.74) is 3.76. The monoisotopic (exact) mass is 224 g/mol. The fourth-order valence-corrected chi connectivity index (χ4v) is 2.65.